The summed E-state index contributed by atoms with van der Waals surface area (Å²) in [6, 6.07) is 21.4. The molecule has 0 aliphatic rings. The molecular formula is C21H18Cl3NO. The largest absolute Gasteiger partial charge is 0.489 e. The lowest BCUT2D eigenvalue weighted by molar-refractivity contribution is 0.302. The maximum absolute atomic E-state index is 6.15. The SMILES string of the molecule is Clc1ccc(OCc2ccc(Cl)c(Cl)c2)c(CNCc2ccccc2)c1. The van der Waals surface area contributed by atoms with Crippen molar-refractivity contribution in [1.29, 1.82) is 0 Å². The van der Waals surface area contributed by atoms with Gasteiger partial charge in [-0.2, -0.15) is 0 Å². The van der Waals surface area contributed by atoms with E-state index in [-0.39, 0.29) is 0 Å². The van der Waals surface area contributed by atoms with Crippen molar-refractivity contribution in [2.75, 3.05) is 0 Å². The number of hydrogen-bond donors (Lipinski definition) is 1. The first-order chi connectivity index (χ1) is 12.6. The van der Waals surface area contributed by atoms with Crippen LogP contribution in [-0.4, -0.2) is 0 Å². The lowest BCUT2D eigenvalue weighted by Crippen LogP contribution is -2.13. The average molecular weight is 407 g/mol. The first-order valence-electron chi connectivity index (χ1n) is 8.21. The molecule has 0 bridgehead atoms. The average Bonchev–Trinajstić information content (AvgIpc) is 2.65. The monoisotopic (exact) mass is 405 g/mol. The van der Waals surface area contributed by atoms with Crippen LogP contribution < -0.4 is 10.1 Å². The summed E-state index contributed by atoms with van der Waals surface area (Å²) in [5.41, 5.74) is 3.19. The summed E-state index contributed by atoms with van der Waals surface area (Å²) in [5.74, 6) is 0.793. The van der Waals surface area contributed by atoms with Crippen LogP contribution in [0.5, 0.6) is 5.75 Å². The van der Waals surface area contributed by atoms with Gasteiger partial charge >= 0.3 is 0 Å². The summed E-state index contributed by atoms with van der Waals surface area (Å²) < 4.78 is 5.98. The lowest BCUT2D eigenvalue weighted by Gasteiger charge is -2.13. The second-order valence-corrected chi connectivity index (χ2v) is 7.13. The number of benzene rings is 3. The molecule has 3 aromatic rings. The van der Waals surface area contributed by atoms with Gasteiger partial charge in [0.1, 0.15) is 12.4 Å². The van der Waals surface area contributed by atoms with Crippen molar-refractivity contribution >= 4 is 34.8 Å². The Bertz CT molecular complexity index is 868. The molecule has 0 aromatic heterocycles. The second kappa shape index (κ2) is 9.29. The van der Waals surface area contributed by atoms with E-state index >= 15 is 0 Å². The van der Waals surface area contributed by atoms with Crippen LogP contribution in [0, 0.1) is 0 Å². The Balaban J connectivity index is 1.64. The molecule has 26 heavy (non-hydrogen) atoms. The van der Waals surface area contributed by atoms with Gasteiger partial charge in [-0.15, -0.1) is 0 Å². The van der Waals surface area contributed by atoms with Crippen molar-refractivity contribution in [3.63, 3.8) is 0 Å². The normalized spacial score (nSPS) is 10.7. The van der Waals surface area contributed by atoms with Crippen molar-refractivity contribution < 1.29 is 4.74 Å². The van der Waals surface area contributed by atoms with E-state index in [9.17, 15) is 0 Å². The molecule has 0 fully saturated rings. The van der Waals surface area contributed by atoms with Crippen LogP contribution in [0.15, 0.2) is 66.7 Å². The van der Waals surface area contributed by atoms with Gasteiger partial charge < -0.3 is 10.1 Å². The van der Waals surface area contributed by atoms with Gasteiger partial charge in [0.05, 0.1) is 10.0 Å². The smallest absolute Gasteiger partial charge is 0.124 e. The van der Waals surface area contributed by atoms with Crippen molar-refractivity contribution in [2.24, 2.45) is 0 Å². The molecule has 0 aliphatic carbocycles. The summed E-state index contributed by atoms with van der Waals surface area (Å²) >= 11 is 18.2. The fourth-order valence-corrected chi connectivity index (χ4v) is 3.07. The third-order valence-electron chi connectivity index (χ3n) is 3.89. The van der Waals surface area contributed by atoms with Crippen molar-refractivity contribution in [3.8, 4) is 5.75 Å². The van der Waals surface area contributed by atoms with Gasteiger partial charge in [-0.1, -0.05) is 71.2 Å². The Morgan fingerprint density at radius 1 is 0.731 bits per heavy atom. The van der Waals surface area contributed by atoms with Gasteiger partial charge in [0, 0.05) is 23.7 Å². The predicted molar refractivity (Wildman–Crippen MR) is 109 cm³/mol. The Morgan fingerprint density at radius 3 is 2.31 bits per heavy atom. The summed E-state index contributed by atoms with van der Waals surface area (Å²) in [7, 11) is 0. The van der Waals surface area contributed by atoms with Crippen LogP contribution in [0.2, 0.25) is 15.1 Å². The van der Waals surface area contributed by atoms with Gasteiger partial charge in [-0.3, -0.25) is 0 Å². The Morgan fingerprint density at radius 2 is 1.54 bits per heavy atom. The second-order valence-electron chi connectivity index (χ2n) is 5.88. The van der Waals surface area contributed by atoms with Gasteiger partial charge in [-0.05, 0) is 41.5 Å². The maximum Gasteiger partial charge on any atom is 0.124 e. The number of ether oxygens (including phenoxy) is 1. The minimum absolute atomic E-state index is 0.407. The van der Waals surface area contributed by atoms with E-state index in [1.165, 1.54) is 5.56 Å². The number of hydrogen-bond acceptors (Lipinski definition) is 2. The topological polar surface area (TPSA) is 21.3 Å². The van der Waals surface area contributed by atoms with E-state index in [2.05, 4.69) is 17.4 Å². The maximum atomic E-state index is 6.15. The van der Waals surface area contributed by atoms with Gasteiger partial charge in [-0.25, -0.2) is 0 Å². The van der Waals surface area contributed by atoms with Crippen LogP contribution in [0.3, 0.4) is 0 Å². The molecule has 0 aliphatic heterocycles. The summed E-state index contributed by atoms with van der Waals surface area (Å²) in [4.78, 5) is 0. The predicted octanol–water partition coefficient (Wildman–Crippen LogP) is 6.52. The quantitative estimate of drug-likeness (QED) is 0.482. The number of rotatable bonds is 7. The highest BCUT2D eigenvalue weighted by Gasteiger charge is 2.07. The fraction of sp³-hybridized carbons (Fsp3) is 0.143. The molecule has 0 radical (unpaired) electrons. The standard InChI is InChI=1S/C21H18Cl3NO/c22-18-7-9-21(26-14-16-6-8-19(23)20(24)10-16)17(11-18)13-25-12-15-4-2-1-3-5-15/h1-11,25H,12-14H2. The molecule has 3 rings (SSSR count). The van der Waals surface area contributed by atoms with E-state index in [4.69, 9.17) is 39.5 Å². The zero-order chi connectivity index (χ0) is 18.4. The third kappa shape index (κ3) is 5.39. The molecular weight excluding hydrogens is 389 g/mol. The first kappa shape index (κ1) is 19.1. The van der Waals surface area contributed by atoms with Gasteiger partial charge in [0.15, 0.2) is 0 Å². The highest BCUT2D eigenvalue weighted by atomic mass is 35.5. The van der Waals surface area contributed by atoms with Crippen LogP contribution in [0.25, 0.3) is 0 Å². The molecule has 0 unspecified atom stereocenters. The molecule has 134 valence electrons. The Hall–Kier alpha value is -1.71. The van der Waals surface area contributed by atoms with Crippen molar-refractivity contribution in [3.05, 3.63) is 98.5 Å². The first-order valence-corrected chi connectivity index (χ1v) is 9.35. The zero-order valence-electron chi connectivity index (χ0n) is 14.0. The highest BCUT2D eigenvalue weighted by molar-refractivity contribution is 6.42. The molecule has 2 nitrogen and oxygen atoms in total. The molecule has 0 heterocycles. The molecule has 3 aromatic carbocycles. The molecule has 5 heteroatoms. The zero-order valence-corrected chi connectivity index (χ0v) is 16.3. The van der Waals surface area contributed by atoms with Crippen LogP contribution in [0.4, 0.5) is 0 Å². The summed E-state index contributed by atoms with van der Waals surface area (Å²) in [5, 5.41) is 5.16. The number of halogens is 3. The van der Waals surface area contributed by atoms with E-state index in [1.54, 1.807) is 6.07 Å². The third-order valence-corrected chi connectivity index (χ3v) is 4.86. The Labute approximate surface area is 168 Å². The molecule has 0 amide bonds. The minimum Gasteiger partial charge on any atom is -0.489 e. The fourth-order valence-electron chi connectivity index (χ4n) is 2.55. The van der Waals surface area contributed by atoms with E-state index in [1.807, 2.05) is 48.5 Å². The van der Waals surface area contributed by atoms with E-state index in [0.29, 0.717) is 28.2 Å². The highest BCUT2D eigenvalue weighted by Crippen LogP contribution is 2.26. The molecule has 1 N–H and O–H groups in total. The Kier molecular flexibility index (Phi) is 6.81. The van der Waals surface area contributed by atoms with Gasteiger partial charge in [0.25, 0.3) is 0 Å². The van der Waals surface area contributed by atoms with Crippen LogP contribution >= 0.6 is 34.8 Å². The van der Waals surface area contributed by atoms with Crippen LogP contribution in [0.1, 0.15) is 16.7 Å². The molecule has 0 atom stereocenters. The van der Waals surface area contributed by atoms with Gasteiger partial charge in [0.2, 0.25) is 0 Å². The molecule has 0 saturated heterocycles. The van der Waals surface area contributed by atoms with Crippen molar-refractivity contribution in [2.45, 2.75) is 19.7 Å². The van der Waals surface area contributed by atoms with Crippen LogP contribution in [-0.2, 0) is 19.7 Å². The lowest BCUT2D eigenvalue weighted by atomic mass is 10.1. The van der Waals surface area contributed by atoms with Crippen molar-refractivity contribution in [1.82, 2.24) is 5.32 Å². The molecule has 0 saturated carbocycles. The molecule has 0 spiro atoms. The minimum atomic E-state index is 0.407. The van der Waals surface area contributed by atoms with E-state index < -0.39 is 0 Å². The summed E-state index contributed by atoms with van der Waals surface area (Å²) in [6.07, 6.45) is 0. The summed E-state index contributed by atoms with van der Waals surface area (Å²) in [6.45, 7) is 1.84. The van der Waals surface area contributed by atoms with E-state index in [0.717, 1.165) is 23.4 Å². The number of nitrogens with one attached hydrogen (secondary N) is 1.